The molecule has 0 saturated heterocycles. The predicted molar refractivity (Wildman–Crippen MR) is 102 cm³/mol. The number of nitrogens with zero attached hydrogens (tertiary/aromatic N) is 1. The van der Waals surface area contributed by atoms with Crippen LogP contribution in [-0.2, 0) is 11.8 Å². The monoisotopic (exact) mass is 371 g/mol. The van der Waals surface area contributed by atoms with Gasteiger partial charge in [0.15, 0.2) is 0 Å². The molecule has 0 saturated carbocycles. The van der Waals surface area contributed by atoms with Crippen molar-refractivity contribution in [3.05, 3.63) is 62.8 Å². The summed E-state index contributed by atoms with van der Waals surface area (Å²) in [5, 5.41) is 0.587. The molecule has 5 nitrogen and oxygen atoms in total. The summed E-state index contributed by atoms with van der Waals surface area (Å²) in [4.78, 5) is 25.6. The van der Waals surface area contributed by atoms with Gasteiger partial charge in [0.2, 0.25) is 5.43 Å². The second-order valence-electron chi connectivity index (χ2n) is 5.92. The lowest BCUT2D eigenvalue weighted by atomic mass is 9.98. The number of pyridine rings is 1. The van der Waals surface area contributed by atoms with Crippen molar-refractivity contribution >= 4 is 28.5 Å². The van der Waals surface area contributed by atoms with Crippen LogP contribution in [0.1, 0.15) is 15.9 Å². The van der Waals surface area contributed by atoms with Crippen molar-refractivity contribution in [2.45, 2.75) is 6.92 Å². The summed E-state index contributed by atoms with van der Waals surface area (Å²) in [5.41, 5.74) is 2.21. The lowest BCUT2D eigenvalue weighted by Gasteiger charge is -2.19. The van der Waals surface area contributed by atoms with E-state index in [9.17, 15) is 9.59 Å². The molecule has 0 aliphatic carbocycles. The number of rotatable bonds is 3. The Labute approximate surface area is 155 Å². The topological polar surface area (TPSA) is 57.5 Å². The van der Waals surface area contributed by atoms with Crippen molar-refractivity contribution in [3.63, 3.8) is 0 Å². The van der Waals surface area contributed by atoms with Crippen LogP contribution in [0.15, 0.2) is 41.2 Å². The standard InChI is InChI=1S/C20H18ClNO4/c1-11-8-9-12(25-3)10-13(11)18-17(20(24)26-4)19(23)16-14(21)6-5-7-15(16)22(18)2/h5-10H,1-4H3. The molecule has 3 aromatic rings. The van der Waals surface area contributed by atoms with E-state index in [0.29, 0.717) is 32.9 Å². The number of ether oxygens (including phenoxy) is 2. The molecule has 0 amide bonds. The van der Waals surface area contributed by atoms with Crippen LogP contribution in [0, 0.1) is 6.92 Å². The van der Waals surface area contributed by atoms with E-state index in [4.69, 9.17) is 21.1 Å². The predicted octanol–water partition coefficient (Wildman–Crippen LogP) is 3.96. The van der Waals surface area contributed by atoms with Gasteiger partial charge in [-0.2, -0.15) is 0 Å². The first kappa shape index (κ1) is 18.0. The quantitative estimate of drug-likeness (QED) is 0.654. The van der Waals surface area contributed by atoms with E-state index >= 15 is 0 Å². The SMILES string of the molecule is COC(=O)c1c(-c2cc(OC)ccc2C)n(C)c2cccc(Cl)c2c1=O. The van der Waals surface area contributed by atoms with Crippen LogP contribution in [0.3, 0.4) is 0 Å². The highest BCUT2D eigenvalue weighted by Gasteiger charge is 2.25. The van der Waals surface area contributed by atoms with Crippen molar-refractivity contribution in [1.82, 2.24) is 4.57 Å². The van der Waals surface area contributed by atoms with Crippen LogP contribution in [0.5, 0.6) is 5.75 Å². The zero-order chi connectivity index (χ0) is 19.0. The highest BCUT2D eigenvalue weighted by molar-refractivity contribution is 6.35. The lowest BCUT2D eigenvalue weighted by Crippen LogP contribution is -2.22. The van der Waals surface area contributed by atoms with Crippen molar-refractivity contribution in [1.29, 1.82) is 0 Å². The Morgan fingerprint density at radius 2 is 1.88 bits per heavy atom. The molecule has 0 fully saturated rings. The van der Waals surface area contributed by atoms with Gasteiger partial charge < -0.3 is 14.0 Å². The minimum atomic E-state index is -0.704. The smallest absolute Gasteiger partial charge is 0.344 e. The molecule has 0 radical (unpaired) electrons. The Kier molecular flexibility index (Phi) is 4.74. The number of methoxy groups -OCH3 is 2. The summed E-state index contributed by atoms with van der Waals surface area (Å²) in [5.74, 6) is -0.0790. The third kappa shape index (κ3) is 2.74. The molecular formula is C20H18ClNO4. The molecule has 0 unspecified atom stereocenters. The number of aryl methyl sites for hydroxylation is 2. The van der Waals surface area contributed by atoms with Crippen molar-refractivity contribution in [2.24, 2.45) is 7.05 Å². The fourth-order valence-corrected chi connectivity index (χ4v) is 3.38. The summed E-state index contributed by atoms with van der Waals surface area (Å²) in [6.07, 6.45) is 0. The first-order valence-corrected chi connectivity index (χ1v) is 8.33. The van der Waals surface area contributed by atoms with Gasteiger partial charge in [-0.05, 0) is 36.8 Å². The van der Waals surface area contributed by atoms with Gasteiger partial charge in [0, 0.05) is 12.6 Å². The third-order valence-corrected chi connectivity index (χ3v) is 4.78. The molecule has 3 rings (SSSR count). The maximum absolute atomic E-state index is 13.1. The van der Waals surface area contributed by atoms with Gasteiger partial charge in [-0.15, -0.1) is 0 Å². The summed E-state index contributed by atoms with van der Waals surface area (Å²) >= 11 is 6.25. The lowest BCUT2D eigenvalue weighted by molar-refractivity contribution is 0.0599. The molecular weight excluding hydrogens is 354 g/mol. The Morgan fingerprint density at radius 3 is 2.54 bits per heavy atom. The van der Waals surface area contributed by atoms with Gasteiger partial charge in [0.05, 0.1) is 35.8 Å². The summed E-state index contributed by atoms with van der Waals surface area (Å²) < 4.78 is 12.0. The van der Waals surface area contributed by atoms with Crippen molar-refractivity contribution in [3.8, 4) is 17.0 Å². The van der Waals surface area contributed by atoms with Crippen LogP contribution < -0.4 is 10.2 Å². The molecule has 1 aromatic heterocycles. The molecule has 0 aliphatic rings. The molecule has 0 spiro atoms. The summed E-state index contributed by atoms with van der Waals surface area (Å²) in [6, 6.07) is 10.7. The van der Waals surface area contributed by atoms with Crippen LogP contribution in [0.2, 0.25) is 5.02 Å². The highest BCUT2D eigenvalue weighted by atomic mass is 35.5. The van der Waals surface area contributed by atoms with E-state index in [1.807, 2.05) is 19.1 Å². The van der Waals surface area contributed by atoms with Gasteiger partial charge in [-0.3, -0.25) is 4.79 Å². The number of halogens is 1. The minimum absolute atomic E-state index is 0.0491. The third-order valence-electron chi connectivity index (χ3n) is 4.47. The first-order chi connectivity index (χ1) is 12.4. The minimum Gasteiger partial charge on any atom is -0.497 e. The summed E-state index contributed by atoms with van der Waals surface area (Å²) in [7, 11) is 4.61. The average Bonchev–Trinajstić information content (AvgIpc) is 2.64. The van der Waals surface area contributed by atoms with Crippen molar-refractivity contribution in [2.75, 3.05) is 14.2 Å². The van der Waals surface area contributed by atoms with Gasteiger partial charge in [0.1, 0.15) is 11.3 Å². The Bertz CT molecular complexity index is 1090. The highest BCUT2D eigenvalue weighted by Crippen LogP contribution is 2.32. The van der Waals surface area contributed by atoms with Crippen LogP contribution in [-0.4, -0.2) is 24.8 Å². The number of carbonyl (C=O) groups is 1. The Balaban J connectivity index is 2.55. The second-order valence-corrected chi connectivity index (χ2v) is 6.33. The molecule has 2 aromatic carbocycles. The molecule has 0 N–H and O–H groups in total. The number of carbonyl (C=O) groups excluding carboxylic acids is 1. The molecule has 1 heterocycles. The maximum Gasteiger partial charge on any atom is 0.344 e. The van der Waals surface area contributed by atoms with Crippen LogP contribution in [0.4, 0.5) is 0 Å². The molecule has 26 heavy (non-hydrogen) atoms. The van der Waals surface area contributed by atoms with E-state index in [2.05, 4.69) is 0 Å². The number of hydrogen-bond acceptors (Lipinski definition) is 4. The molecule has 134 valence electrons. The fourth-order valence-electron chi connectivity index (χ4n) is 3.13. The molecule has 0 aliphatic heterocycles. The number of benzene rings is 2. The Hall–Kier alpha value is -2.79. The largest absolute Gasteiger partial charge is 0.497 e. The van der Waals surface area contributed by atoms with Crippen LogP contribution in [0.25, 0.3) is 22.2 Å². The fraction of sp³-hybridized carbons (Fsp3) is 0.200. The van der Waals surface area contributed by atoms with Crippen LogP contribution >= 0.6 is 11.6 Å². The number of esters is 1. The Morgan fingerprint density at radius 1 is 1.15 bits per heavy atom. The summed E-state index contributed by atoms with van der Waals surface area (Å²) in [6.45, 7) is 1.91. The molecule has 6 heteroatoms. The number of hydrogen-bond donors (Lipinski definition) is 0. The van der Waals surface area contributed by atoms with E-state index in [1.165, 1.54) is 7.11 Å². The van der Waals surface area contributed by atoms with E-state index < -0.39 is 11.4 Å². The van der Waals surface area contributed by atoms with Gasteiger partial charge in [-0.1, -0.05) is 23.7 Å². The van der Waals surface area contributed by atoms with E-state index in [1.54, 1.807) is 43.0 Å². The zero-order valence-electron chi connectivity index (χ0n) is 14.9. The van der Waals surface area contributed by atoms with Gasteiger partial charge in [0.25, 0.3) is 0 Å². The van der Waals surface area contributed by atoms with Crippen molar-refractivity contribution < 1.29 is 14.3 Å². The number of fused-ring (bicyclic) bond motifs is 1. The second kappa shape index (κ2) is 6.84. The maximum atomic E-state index is 13.1. The average molecular weight is 372 g/mol. The van der Waals surface area contributed by atoms with Gasteiger partial charge in [-0.25, -0.2) is 4.79 Å². The van der Waals surface area contributed by atoms with Gasteiger partial charge >= 0.3 is 5.97 Å². The van der Waals surface area contributed by atoms with E-state index in [0.717, 1.165) is 5.56 Å². The van der Waals surface area contributed by atoms with E-state index in [-0.39, 0.29) is 5.56 Å². The number of aromatic nitrogens is 1. The normalized spacial score (nSPS) is 10.8. The zero-order valence-corrected chi connectivity index (χ0v) is 15.7. The molecule has 0 bridgehead atoms. The molecule has 0 atom stereocenters. The first-order valence-electron chi connectivity index (χ1n) is 7.95.